The molecule has 1 fully saturated rings. The zero-order valence-electron chi connectivity index (χ0n) is 7.91. The first-order chi connectivity index (χ1) is 6.83. The standard InChI is InChI=1S/C10H13ClN2O/c11-10-8(7-14)12-4-3-9(10)13-5-1-2-6-13/h3-4,14H,1-2,5-7H2. The summed E-state index contributed by atoms with van der Waals surface area (Å²) in [7, 11) is 0. The van der Waals surface area contributed by atoms with E-state index in [1.54, 1.807) is 6.20 Å². The highest BCUT2D eigenvalue weighted by molar-refractivity contribution is 6.33. The number of pyridine rings is 1. The van der Waals surface area contributed by atoms with Gasteiger partial charge in [-0.05, 0) is 18.9 Å². The molecule has 14 heavy (non-hydrogen) atoms. The maximum absolute atomic E-state index is 9.02. The van der Waals surface area contributed by atoms with Crippen LogP contribution in [-0.4, -0.2) is 23.2 Å². The first-order valence-electron chi connectivity index (χ1n) is 4.82. The Kier molecular flexibility index (Phi) is 2.89. The van der Waals surface area contributed by atoms with Gasteiger partial charge in [-0.2, -0.15) is 0 Å². The molecule has 3 nitrogen and oxygen atoms in total. The van der Waals surface area contributed by atoms with E-state index in [2.05, 4.69) is 9.88 Å². The number of halogens is 1. The van der Waals surface area contributed by atoms with Crippen LogP contribution < -0.4 is 4.90 Å². The fraction of sp³-hybridized carbons (Fsp3) is 0.500. The van der Waals surface area contributed by atoms with Gasteiger partial charge in [0.1, 0.15) is 0 Å². The van der Waals surface area contributed by atoms with Gasteiger partial charge in [0.2, 0.25) is 0 Å². The lowest BCUT2D eigenvalue weighted by Gasteiger charge is -2.19. The zero-order valence-corrected chi connectivity index (χ0v) is 8.67. The summed E-state index contributed by atoms with van der Waals surface area (Å²) in [6, 6.07) is 1.91. The molecular formula is C10H13ClN2O. The molecule has 0 saturated carbocycles. The molecule has 1 aromatic heterocycles. The summed E-state index contributed by atoms with van der Waals surface area (Å²) in [5.41, 5.74) is 1.57. The second-order valence-electron chi connectivity index (χ2n) is 3.44. The molecule has 0 bridgehead atoms. The molecule has 2 rings (SSSR count). The Bertz CT molecular complexity index is 324. The van der Waals surface area contributed by atoms with Gasteiger partial charge < -0.3 is 10.0 Å². The minimum Gasteiger partial charge on any atom is -0.390 e. The lowest BCUT2D eigenvalue weighted by molar-refractivity contribution is 0.277. The summed E-state index contributed by atoms with van der Waals surface area (Å²) in [4.78, 5) is 6.26. The summed E-state index contributed by atoms with van der Waals surface area (Å²) in [6.07, 6.45) is 4.13. The Labute approximate surface area is 88.3 Å². The lowest BCUT2D eigenvalue weighted by Crippen LogP contribution is -2.18. The van der Waals surface area contributed by atoms with Gasteiger partial charge in [0.25, 0.3) is 0 Å². The van der Waals surface area contributed by atoms with Crippen molar-refractivity contribution in [1.82, 2.24) is 4.98 Å². The molecule has 1 aliphatic rings. The van der Waals surface area contributed by atoms with Gasteiger partial charge in [0.15, 0.2) is 0 Å². The van der Waals surface area contributed by atoms with Crippen LogP contribution in [0.25, 0.3) is 0 Å². The molecule has 0 unspecified atom stereocenters. The fourth-order valence-corrected chi connectivity index (χ4v) is 2.08. The number of nitrogens with zero attached hydrogens (tertiary/aromatic N) is 2. The molecule has 0 radical (unpaired) electrons. The van der Waals surface area contributed by atoms with Crippen LogP contribution in [0.1, 0.15) is 18.5 Å². The van der Waals surface area contributed by atoms with Crippen LogP contribution in [0.15, 0.2) is 12.3 Å². The molecule has 1 saturated heterocycles. The van der Waals surface area contributed by atoms with E-state index in [1.165, 1.54) is 12.8 Å². The topological polar surface area (TPSA) is 36.4 Å². The third-order valence-electron chi connectivity index (χ3n) is 2.54. The molecule has 1 N–H and O–H groups in total. The van der Waals surface area contributed by atoms with Crippen molar-refractivity contribution in [3.05, 3.63) is 23.0 Å². The van der Waals surface area contributed by atoms with Gasteiger partial charge in [0, 0.05) is 19.3 Å². The number of aliphatic hydroxyl groups excluding tert-OH is 1. The van der Waals surface area contributed by atoms with E-state index in [-0.39, 0.29) is 6.61 Å². The van der Waals surface area contributed by atoms with Crippen LogP contribution in [0.4, 0.5) is 5.69 Å². The van der Waals surface area contributed by atoms with Gasteiger partial charge in [-0.25, -0.2) is 0 Å². The van der Waals surface area contributed by atoms with Crippen LogP contribution in [0.5, 0.6) is 0 Å². The predicted molar refractivity (Wildman–Crippen MR) is 56.6 cm³/mol. The molecule has 76 valence electrons. The highest BCUT2D eigenvalue weighted by atomic mass is 35.5. The number of hydrogen-bond donors (Lipinski definition) is 1. The summed E-state index contributed by atoms with van der Waals surface area (Å²) >= 11 is 6.12. The molecule has 0 aromatic carbocycles. The molecular weight excluding hydrogens is 200 g/mol. The second-order valence-corrected chi connectivity index (χ2v) is 3.82. The Morgan fingerprint density at radius 3 is 2.79 bits per heavy atom. The third-order valence-corrected chi connectivity index (χ3v) is 2.95. The predicted octanol–water partition coefficient (Wildman–Crippen LogP) is 1.83. The summed E-state index contributed by atoms with van der Waals surface area (Å²) in [5, 5.41) is 9.61. The monoisotopic (exact) mass is 212 g/mol. The number of hydrogen-bond acceptors (Lipinski definition) is 3. The van der Waals surface area contributed by atoms with Crippen LogP contribution in [0.3, 0.4) is 0 Å². The van der Waals surface area contributed by atoms with Crippen LogP contribution in [0, 0.1) is 0 Å². The molecule has 0 spiro atoms. The van der Waals surface area contributed by atoms with Gasteiger partial charge in [-0.1, -0.05) is 11.6 Å². The number of anilines is 1. The highest BCUT2D eigenvalue weighted by Crippen LogP contribution is 2.30. The molecule has 0 atom stereocenters. The number of rotatable bonds is 2. The van der Waals surface area contributed by atoms with Gasteiger partial charge in [-0.15, -0.1) is 0 Å². The van der Waals surface area contributed by atoms with E-state index in [9.17, 15) is 0 Å². The van der Waals surface area contributed by atoms with Crippen molar-refractivity contribution < 1.29 is 5.11 Å². The lowest BCUT2D eigenvalue weighted by atomic mass is 10.3. The van der Waals surface area contributed by atoms with Crippen LogP contribution in [0.2, 0.25) is 5.02 Å². The van der Waals surface area contributed by atoms with E-state index >= 15 is 0 Å². The molecule has 0 amide bonds. The third kappa shape index (κ3) is 1.70. The summed E-state index contributed by atoms with van der Waals surface area (Å²) in [6.45, 7) is 2.00. The van der Waals surface area contributed by atoms with Gasteiger partial charge >= 0.3 is 0 Å². The van der Waals surface area contributed by atoms with E-state index in [0.29, 0.717) is 10.7 Å². The average molecular weight is 213 g/mol. The van der Waals surface area contributed by atoms with Crippen LogP contribution in [-0.2, 0) is 6.61 Å². The number of aromatic nitrogens is 1. The highest BCUT2D eigenvalue weighted by Gasteiger charge is 2.16. The van der Waals surface area contributed by atoms with E-state index < -0.39 is 0 Å². The van der Waals surface area contributed by atoms with E-state index in [1.807, 2.05) is 6.07 Å². The van der Waals surface area contributed by atoms with Crippen molar-refractivity contribution in [2.24, 2.45) is 0 Å². The first-order valence-corrected chi connectivity index (χ1v) is 5.20. The molecule has 1 aliphatic heterocycles. The second kappa shape index (κ2) is 4.15. The van der Waals surface area contributed by atoms with Gasteiger partial charge in [0.05, 0.1) is 23.0 Å². The maximum atomic E-state index is 9.02. The minimum absolute atomic E-state index is 0.0967. The summed E-state index contributed by atoms with van der Waals surface area (Å²) < 4.78 is 0. The van der Waals surface area contributed by atoms with Crippen LogP contribution >= 0.6 is 11.6 Å². The first kappa shape index (κ1) is 9.74. The molecule has 1 aromatic rings. The van der Waals surface area contributed by atoms with Crippen molar-refractivity contribution >= 4 is 17.3 Å². The van der Waals surface area contributed by atoms with Gasteiger partial charge in [-0.3, -0.25) is 4.98 Å². The van der Waals surface area contributed by atoms with E-state index in [4.69, 9.17) is 16.7 Å². The normalized spacial score (nSPS) is 16.3. The molecule has 0 aliphatic carbocycles. The zero-order chi connectivity index (χ0) is 9.97. The smallest absolute Gasteiger partial charge is 0.0878 e. The van der Waals surface area contributed by atoms with Crippen molar-refractivity contribution in [3.63, 3.8) is 0 Å². The fourth-order valence-electron chi connectivity index (χ4n) is 1.79. The Balaban J connectivity index is 2.32. The average Bonchev–Trinajstić information content (AvgIpc) is 2.71. The van der Waals surface area contributed by atoms with Crippen molar-refractivity contribution in [2.75, 3.05) is 18.0 Å². The summed E-state index contributed by atoms with van der Waals surface area (Å²) in [5.74, 6) is 0. The molecule has 2 heterocycles. The quantitative estimate of drug-likeness (QED) is 0.813. The van der Waals surface area contributed by atoms with E-state index in [0.717, 1.165) is 18.8 Å². The largest absolute Gasteiger partial charge is 0.390 e. The Hall–Kier alpha value is -0.800. The van der Waals surface area contributed by atoms with Crippen molar-refractivity contribution in [1.29, 1.82) is 0 Å². The van der Waals surface area contributed by atoms with Crippen molar-refractivity contribution in [2.45, 2.75) is 19.4 Å². The maximum Gasteiger partial charge on any atom is 0.0878 e. The Morgan fingerprint density at radius 2 is 2.14 bits per heavy atom. The van der Waals surface area contributed by atoms with Crippen molar-refractivity contribution in [3.8, 4) is 0 Å². The minimum atomic E-state index is -0.0967. The SMILES string of the molecule is OCc1nccc(N2CCCC2)c1Cl. The Morgan fingerprint density at radius 1 is 1.43 bits per heavy atom. The molecule has 4 heteroatoms. The number of aliphatic hydroxyl groups is 1.